The number of esters is 1. The van der Waals surface area contributed by atoms with Gasteiger partial charge in [-0.3, -0.25) is 14.6 Å². The highest BCUT2D eigenvalue weighted by atomic mass is 32.2. The van der Waals surface area contributed by atoms with Crippen molar-refractivity contribution in [2.45, 2.75) is 11.6 Å². The van der Waals surface area contributed by atoms with Crippen LogP contribution in [-0.2, 0) is 20.9 Å². The molecule has 0 unspecified atom stereocenters. The van der Waals surface area contributed by atoms with Crippen molar-refractivity contribution in [1.29, 1.82) is 0 Å². The zero-order valence-electron chi connectivity index (χ0n) is 16.5. The highest BCUT2D eigenvalue weighted by Crippen LogP contribution is 2.19. The van der Waals surface area contributed by atoms with Gasteiger partial charge in [0.25, 0.3) is 5.91 Å². The van der Waals surface area contributed by atoms with E-state index in [1.165, 1.54) is 35.9 Å². The van der Waals surface area contributed by atoms with Crippen LogP contribution in [0.5, 0.6) is 5.75 Å². The third kappa shape index (κ3) is 5.66. The predicted molar refractivity (Wildman–Crippen MR) is 111 cm³/mol. The molecule has 0 radical (unpaired) electrons. The van der Waals surface area contributed by atoms with E-state index in [2.05, 4.69) is 9.97 Å². The number of benzene rings is 2. The zero-order valence-corrected chi connectivity index (χ0v) is 17.3. The monoisotopic (exact) mass is 429 g/mol. The minimum Gasteiger partial charge on any atom is -0.494 e. The van der Waals surface area contributed by atoms with E-state index in [0.717, 1.165) is 11.0 Å². The van der Waals surface area contributed by atoms with Gasteiger partial charge in [-0.25, -0.2) is 9.37 Å². The smallest absolute Gasteiger partial charge is 0.316 e. The van der Waals surface area contributed by atoms with Crippen LogP contribution in [0, 0.1) is 5.82 Å². The number of carbonyl (C=O) groups is 2. The molecule has 1 heterocycles. The fraction of sp³-hybridized carbons (Fsp3) is 0.238. The van der Waals surface area contributed by atoms with Crippen LogP contribution in [0.25, 0.3) is 11.0 Å². The van der Waals surface area contributed by atoms with Crippen molar-refractivity contribution in [3.8, 4) is 5.75 Å². The molecule has 0 saturated heterocycles. The average Bonchev–Trinajstić information content (AvgIpc) is 2.76. The summed E-state index contributed by atoms with van der Waals surface area (Å²) in [5.74, 6) is -1.29. The average molecular weight is 429 g/mol. The number of halogens is 1. The second-order valence-electron chi connectivity index (χ2n) is 6.37. The largest absolute Gasteiger partial charge is 0.494 e. The Hall–Kier alpha value is -3.20. The first-order valence-electron chi connectivity index (χ1n) is 9.03. The molecule has 30 heavy (non-hydrogen) atoms. The standard InChI is InChI=1S/C21H20FN3O4S/c1-25(11-14-7-8-18(28-2)15(22)9-14)20(26)12-29-21(27)13-30-19-10-23-16-5-3-4-6-17(16)24-19/h3-10H,11-13H2,1-2H3. The topological polar surface area (TPSA) is 81.6 Å². The Morgan fingerprint density at radius 2 is 1.93 bits per heavy atom. The molecule has 0 aliphatic heterocycles. The summed E-state index contributed by atoms with van der Waals surface area (Å²) < 4.78 is 23.7. The molecule has 1 amide bonds. The molecule has 0 N–H and O–H groups in total. The maximum atomic E-state index is 13.8. The molecule has 1 aromatic heterocycles. The van der Waals surface area contributed by atoms with Gasteiger partial charge in [-0.1, -0.05) is 30.0 Å². The van der Waals surface area contributed by atoms with Gasteiger partial charge in [0, 0.05) is 13.6 Å². The fourth-order valence-corrected chi connectivity index (χ4v) is 3.25. The third-order valence-electron chi connectivity index (χ3n) is 4.18. The van der Waals surface area contributed by atoms with Crippen LogP contribution in [0.3, 0.4) is 0 Å². The van der Waals surface area contributed by atoms with Crippen molar-refractivity contribution in [3.63, 3.8) is 0 Å². The molecular formula is C21H20FN3O4S. The Morgan fingerprint density at radius 3 is 2.67 bits per heavy atom. The van der Waals surface area contributed by atoms with Crippen molar-refractivity contribution in [2.24, 2.45) is 0 Å². The Balaban J connectivity index is 1.45. The first-order valence-corrected chi connectivity index (χ1v) is 10.0. The number of hydrogen-bond donors (Lipinski definition) is 0. The summed E-state index contributed by atoms with van der Waals surface area (Å²) in [4.78, 5) is 34.2. The molecule has 0 fully saturated rings. The van der Waals surface area contributed by atoms with Crippen LogP contribution in [0.4, 0.5) is 4.39 Å². The Morgan fingerprint density at radius 1 is 1.17 bits per heavy atom. The van der Waals surface area contributed by atoms with Crippen molar-refractivity contribution < 1.29 is 23.5 Å². The van der Waals surface area contributed by atoms with Crippen LogP contribution < -0.4 is 4.74 Å². The first kappa shape index (κ1) is 21.5. The normalized spacial score (nSPS) is 10.6. The van der Waals surface area contributed by atoms with Gasteiger partial charge in [0.05, 0.1) is 30.1 Å². The van der Waals surface area contributed by atoms with Gasteiger partial charge in [-0.15, -0.1) is 0 Å². The SMILES string of the molecule is COc1ccc(CN(C)C(=O)COC(=O)CSc2cnc3ccccc3n2)cc1F. The lowest BCUT2D eigenvalue weighted by atomic mass is 10.2. The number of amides is 1. The van der Waals surface area contributed by atoms with Crippen molar-refractivity contribution in [3.05, 3.63) is 60.0 Å². The van der Waals surface area contributed by atoms with Gasteiger partial charge in [-0.2, -0.15) is 0 Å². The molecule has 9 heteroatoms. The van der Waals surface area contributed by atoms with Gasteiger partial charge in [0.1, 0.15) is 5.03 Å². The highest BCUT2D eigenvalue weighted by molar-refractivity contribution is 7.99. The number of carbonyl (C=O) groups excluding carboxylic acids is 2. The second-order valence-corrected chi connectivity index (χ2v) is 7.36. The quantitative estimate of drug-likeness (QED) is 0.402. The maximum absolute atomic E-state index is 13.8. The molecule has 0 spiro atoms. The van der Waals surface area contributed by atoms with E-state index in [1.54, 1.807) is 19.3 Å². The lowest BCUT2D eigenvalue weighted by Crippen LogP contribution is -2.31. The van der Waals surface area contributed by atoms with E-state index in [9.17, 15) is 14.0 Å². The Labute approximate surface area is 177 Å². The zero-order chi connectivity index (χ0) is 21.5. The minimum atomic E-state index is -0.535. The summed E-state index contributed by atoms with van der Waals surface area (Å²) in [6, 6.07) is 11.9. The Bertz CT molecular complexity index is 1060. The number of fused-ring (bicyclic) bond motifs is 1. The molecule has 0 aliphatic carbocycles. The molecule has 0 aliphatic rings. The number of hydrogen-bond acceptors (Lipinski definition) is 7. The molecule has 7 nitrogen and oxygen atoms in total. The van der Waals surface area contributed by atoms with Crippen molar-refractivity contribution in [1.82, 2.24) is 14.9 Å². The number of aromatic nitrogens is 2. The molecule has 3 aromatic rings. The summed E-state index contributed by atoms with van der Waals surface area (Å²) in [5, 5.41) is 0.593. The molecule has 2 aromatic carbocycles. The second kappa shape index (κ2) is 10.0. The summed E-state index contributed by atoms with van der Waals surface area (Å²) >= 11 is 1.18. The van der Waals surface area contributed by atoms with E-state index < -0.39 is 24.3 Å². The Kier molecular flexibility index (Phi) is 7.18. The van der Waals surface area contributed by atoms with Crippen molar-refractivity contribution >= 4 is 34.7 Å². The van der Waals surface area contributed by atoms with Gasteiger partial charge in [0.15, 0.2) is 18.2 Å². The number of rotatable bonds is 8. The first-order chi connectivity index (χ1) is 14.5. The van der Waals surface area contributed by atoms with Crippen LogP contribution in [0.15, 0.2) is 53.7 Å². The van der Waals surface area contributed by atoms with E-state index in [4.69, 9.17) is 9.47 Å². The van der Waals surface area contributed by atoms with Crippen LogP contribution >= 0.6 is 11.8 Å². The van der Waals surface area contributed by atoms with Gasteiger partial charge >= 0.3 is 5.97 Å². The number of ether oxygens (including phenoxy) is 2. The number of thioether (sulfide) groups is 1. The summed E-state index contributed by atoms with van der Waals surface area (Å²) in [5.41, 5.74) is 2.11. The molecule has 0 atom stereocenters. The fourth-order valence-electron chi connectivity index (χ4n) is 2.61. The number of nitrogens with zero attached hydrogens (tertiary/aromatic N) is 3. The summed E-state index contributed by atoms with van der Waals surface area (Å²) in [6.07, 6.45) is 1.59. The lowest BCUT2D eigenvalue weighted by Gasteiger charge is -2.17. The maximum Gasteiger partial charge on any atom is 0.316 e. The van der Waals surface area contributed by atoms with E-state index in [0.29, 0.717) is 10.6 Å². The van der Waals surface area contributed by atoms with Gasteiger partial charge < -0.3 is 14.4 Å². The van der Waals surface area contributed by atoms with Gasteiger partial charge in [-0.05, 0) is 29.8 Å². The number of methoxy groups -OCH3 is 1. The predicted octanol–water partition coefficient (Wildman–Crippen LogP) is 3.07. The minimum absolute atomic E-state index is 0.00764. The van der Waals surface area contributed by atoms with E-state index >= 15 is 0 Å². The summed E-state index contributed by atoms with van der Waals surface area (Å²) in [7, 11) is 2.94. The number of para-hydroxylation sites is 2. The van der Waals surface area contributed by atoms with Crippen LogP contribution in [-0.4, -0.2) is 53.3 Å². The number of likely N-dealkylation sites (N-methyl/N-ethyl adjacent to an activating group) is 1. The molecule has 3 rings (SSSR count). The summed E-state index contributed by atoms with van der Waals surface area (Å²) in [6.45, 7) is -0.212. The molecular weight excluding hydrogens is 409 g/mol. The molecule has 156 valence electrons. The van der Waals surface area contributed by atoms with E-state index in [-0.39, 0.29) is 18.0 Å². The van der Waals surface area contributed by atoms with Crippen LogP contribution in [0.1, 0.15) is 5.56 Å². The molecule has 0 bridgehead atoms. The van der Waals surface area contributed by atoms with Crippen LogP contribution in [0.2, 0.25) is 0 Å². The van der Waals surface area contributed by atoms with E-state index in [1.807, 2.05) is 24.3 Å². The third-order valence-corrected chi connectivity index (χ3v) is 5.06. The van der Waals surface area contributed by atoms with Crippen molar-refractivity contribution in [2.75, 3.05) is 26.5 Å². The lowest BCUT2D eigenvalue weighted by molar-refractivity contribution is -0.149. The molecule has 0 saturated carbocycles. The van der Waals surface area contributed by atoms with Gasteiger partial charge in [0.2, 0.25) is 0 Å². The highest BCUT2D eigenvalue weighted by Gasteiger charge is 2.14.